The SMILES string of the molecule is NC(=O)c1cc(OCC2CCCC(C(=O)O)CC2)ncn1. The Morgan fingerprint density at radius 2 is 2.10 bits per heavy atom. The van der Waals surface area contributed by atoms with Crippen molar-refractivity contribution in [2.24, 2.45) is 17.6 Å². The molecular weight excluding hydrogens is 274 g/mol. The molecule has 0 radical (unpaired) electrons. The molecule has 0 aromatic carbocycles. The van der Waals surface area contributed by atoms with Crippen LogP contribution in [0.5, 0.6) is 5.88 Å². The summed E-state index contributed by atoms with van der Waals surface area (Å²) in [7, 11) is 0. The van der Waals surface area contributed by atoms with Crippen molar-refractivity contribution in [1.82, 2.24) is 9.97 Å². The number of rotatable bonds is 5. The van der Waals surface area contributed by atoms with Crippen LogP contribution in [0.3, 0.4) is 0 Å². The molecule has 0 spiro atoms. The van der Waals surface area contributed by atoms with E-state index in [0.29, 0.717) is 24.8 Å². The van der Waals surface area contributed by atoms with E-state index in [1.54, 1.807) is 0 Å². The number of hydrogen-bond donors (Lipinski definition) is 2. The lowest BCUT2D eigenvalue weighted by Crippen LogP contribution is -2.16. The van der Waals surface area contributed by atoms with Crippen LogP contribution in [0.4, 0.5) is 0 Å². The molecule has 2 rings (SSSR count). The molecule has 1 fully saturated rings. The van der Waals surface area contributed by atoms with Gasteiger partial charge >= 0.3 is 5.97 Å². The van der Waals surface area contributed by atoms with Gasteiger partial charge in [0.15, 0.2) is 0 Å². The summed E-state index contributed by atoms with van der Waals surface area (Å²) < 4.78 is 5.58. The van der Waals surface area contributed by atoms with E-state index in [4.69, 9.17) is 15.6 Å². The van der Waals surface area contributed by atoms with E-state index in [1.807, 2.05) is 0 Å². The second-order valence-corrected chi connectivity index (χ2v) is 5.33. The maximum absolute atomic E-state index is 11.0. The third-order valence-electron chi connectivity index (χ3n) is 3.80. The predicted molar refractivity (Wildman–Crippen MR) is 73.7 cm³/mol. The number of carboxylic acid groups (broad SMARTS) is 1. The molecule has 1 saturated carbocycles. The molecule has 1 aromatic heterocycles. The van der Waals surface area contributed by atoms with Crippen LogP contribution in [0, 0.1) is 11.8 Å². The number of hydrogen-bond acceptors (Lipinski definition) is 5. The zero-order chi connectivity index (χ0) is 15.2. The Morgan fingerprint density at radius 3 is 2.81 bits per heavy atom. The van der Waals surface area contributed by atoms with Crippen molar-refractivity contribution in [2.75, 3.05) is 6.61 Å². The number of ether oxygens (including phenoxy) is 1. The summed E-state index contributed by atoms with van der Waals surface area (Å²) in [6.45, 7) is 0.460. The molecule has 7 nitrogen and oxygen atoms in total. The number of primary amides is 1. The quantitative estimate of drug-likeness (QED) is 0.789. The van der Waals surface area contributed by atoms with Crippen LogP contribution in [-0.2, 0) is 4.79 Å². The lowest BCUT2D eigenvalue weighted by molar-refractivity contribution is -0.142. The van der Waals surface area contributed by atoms with Gasteiger partial charge in [0, 0.05) is 6.07 Å². The van der Waals surface area contributed by atoms with Crippen LogP contribution >= 0.6 is 0 Å². The third-order valence-corrected chi connectivity index (χ3v) is 3.80. The van der Waals surface area contributed by atoms with Gasteiger partial charge < -0.3 is 15.6 Å². The monoisotopic (exact) mass is 293 g/mol. The van der Waals surface area contributed by atoms with Crippen molar-refractivity contribution < 1.29 is 19.4 Å². The molecule has 0 saturated heterocycles. The molecule has 2 unspecified atom stereocenters. The van der Waals surface area contributed by atoms with E-state index >= 15 is 0 Å². The molecule has 114 valence electrons. The van der Waals surface area contributed by atoms with Gasteiger partial charge in [0.25, 0.3) is 5.91 Å². The molecule has 2 atom stereocenters. The predicted octanol–water partition coefficient (Wildman–Crippen LogP) is 1.24. The Kier molecular flexibility index (Phi) is 5.08. The Hall–Kier alpha value is -2.18. The molecule has 1 aliphatic rings. The Balaban J connectivity index is 1.87. The number of carboxylic acids is 1. The standard InChI is InChI=1S/C14H19N3O4/c15-13(18)11-6-12(17-8-16-11)21-7-9-2-1-3-10(5-4-9)14(19)20/h6,8-10H,1-5,7H2,(H2,15,18)(H,19,20). The van der Waals surface area contributed by atoms with Crippen molar-refractivity contribution in [3.63, 3.8) is 0 Å². The average Bonchev–Trinajstić information content (AvgIpc) is 2.71. The van der Waals surface area contributed by atoms with Gasteiger partial charge in [-0.25, -0.2) is 9.97 Å². The highest BCUT2D eigenvalue weighted by Crippen LogP contribution is 2.27. The van der Waals surface area contributed by atoms with E-state index in [1.165, 1.54) is 12.4 Å². The van der Waals surface area contributed by atoms with Gasteiger partial charge in [0.05, 0.1) is 12.5 Å². The minimum Gasteiger partial charge on any atom is -0.481 e. The maximum Gasteiger partial charge on any atom is 0.306 e. The highest BCUT2D eigenvalue weighted by molar-refractivity contribution is 5.90. The van der Waals surface area contributed by atoms with Gasteiger partial charge in [-0.05, 0) is 31.6 Å². The summed E-state index contributed by atoms with van der Waals surface area (Å²) in [5.74, 6) is -0.950. The number of nitrogens with zero attached hydrogens (tertiary/aromatic N) is 2. The molecule has 1 aliphatic carbocycles. The Morgan fingerprint density at radius 1 is 1.29 bits per heavy atom. The number of carbonyl (C=O) groups excluding carboxylic acids is 1. The molecule has 0 bridgehead atoms. The van der Waals surface area contributed by atoms with E-state index in [2.05, 4.69) is 9.97 Å². The normalized spacial score (nSPS) is 22.3. The summed E-state index contributed by atoms with van der Waals surface area (Å²) in [5, 5.41) is 9.05. The van der Waals surface area contributed by atoms with Crippen LogP contribution in [0.1, 0.15) is 42.6 Å². The zero-order valence-electron chi connectivity index (χ0n) is 11.7. The Labute approximate surface area is 122 Å². The van der Waals surface area contributed by atoms with E-state index in [9.17, 15) is 9.59 Å². The van der Waals surface area contributed by atoms with Gasteiger partial charge in [-0.3, -0.25) is 9.59 Å². The fourth-order valence-corrected chi connectivity index (χ4v) is 2.55. The second-order valence-electron chi connectivity index (χ2n) is 5.33. The van der Waals surface area contributed by atoms with E-state index < -0.39 is 11.9 Å². The fourth-order valence-electron chi connectivity index (χ4n) is 2.55. The smallest absolute Gasteiger partial charge is 0.306 e. The number of amides is 1. The summed E-state index contributed by atoms with van der Waals surface area (Å²) in [4.78, 5) is 29.7. The van der Waals surface area contributed by atoms with E-state index in [-0.39, 0.29) is 11.6 Å². The lowest BCUT2D eigenvalue weighted by atomic mass is 9.99. The molecular formula is C14H19N3O4. The average molecular weight is 293 g/mol. The Bertz CT molecular complexity index is 521. The van der Waals surface area contributed by atoms with Crippen LogP contribution in [0.25, 0.3) is 0 Å². The van der Waals surface area contributed by atoms with Crippen molar-refractivity contribution >= 4 is 11.9 Å². The zero-order valence-corrected chi connectivity index (χ0v) is 11.7. The number of nitrogens with two attached hydrogens (primary N) is 1. The van der Waals surface area contributed by atoms with Crippen LogP contribution in [-0.4, -0.2) is 33.6 Å². The van der Waals surface area contributed by atoms with Crippen molar-refractivity contribution in [3.8, 4) is 5.88 Å². The van der Waals surface area contributed by atoms with Crippen LogP contribution in [0.15, 0.2) is 12.4 Å². The lowest BCUT2D eigenvalue weighted by Gasteiger charge is -2.14. The topological polar surface area (TPSA) is 115 Å². The first-order valence-electron chi connectivity index (χ1n) is 7.03. The maximum atomic E-state index is 11.0. The summed E-state index contributed by atoms with van der Waals surface area (Å²) in [6, 6.07) is 1.42. The van der Waals surface area contributed by atoms with Crippen molar-refractivity contribution in [1.29, 1.82) is 0 Å². The molecule has 21 heavy (non-hydrogen) atoms. The van der Waals surface area contributed by atoms with Gasteiger partial charge in [-0.15, -0.1) is 0 Å². The minimum absolute atomic E-state index is 0.117. The third kappa shape index (κ3) is 4.40. The molecule has 1 amide bonds. The molecule has 0 aliphatic heterocycles. The molecule has 7 heteroatoms. The van der Waals surface area contributed by atoms with Crippen LogP contribution in [0.2, 0.25) is 0 Å². The van der Waals surface area contributed by atoms with Crippen LogP contribution < -0.4 is 10.5 Å². The number of aromatic nitrogens is 2. The molecule has 1 aromatic rings. The van der Waals surface area contributed by atoms with Gasteiger partial charge in [0.1, 0.15) is 12.0 Å². The second kappa shape index (κ2) is 7.01. The number of carbonyl (C=O) groups is 2. The summed E-state index contributed by atoms with van der Waals surface area (Å²) in [6.07, 6.45) is 5.30. The van der Waals surface area contributed by atoms with Crippen molar-refractivity contribution in [2.45, 2.75) is 32.1 Å². The minimum atomic E-state index is -0.710. The molecule has 1 heterocycles. The highest BCUT2D eigenvalue weighted by Gasteiger charge is 2.24. The largest absolute Gasteiger partial charge is 0.481 e. The van der Waals surface area contributed by atoms with Gasteiger partial charge in [-0.1, -0.05) is 6.42 Å². The first kappa shape index (κ1) is 15.2. The first-order chi connectivity index (χ1) is 10.1. The summed E-state index contributed by atoms with van der Waals surface area (Å²) in [5.41, 5.74) is 5.26. The molecule has 3 N–H and O–H groups in total. The van der Waals surface area contributed by atoms with E-state index in [0.717, 1.165) is 25.7 Å². The van der Waals surface area contributed by atoms with Crippen molar-refractivity contribution in [3.05, 3.63) is 18.1 Å². The first-order valence-corrected chi connectivity index (χ1v) is 7.03. The van der Waals surface area contributed by atoms with Gasteiger partial charge in [-0.2, -0.15) is 0 Å². The van der Waals surface area contributed by atoms with Gasteiger partial charge in [0.2, 0.25) is 5.88 Å². The fraction of sp³-hybridized carbons (Fsp3) is 0.571. The number of aliphatic carboxylic acids is 1. The highest BCUT2D eigenvalue weighted by atomic mass is 16.5. The summed E-state index contributed by atoms with van der Waals surface area (Å²) >= 11 is 0.